The van der Waals surface area contributed by atoms with Gasteiger partial charge in [0.2, 0.25) is 5.88 Å². The van der Waals surface area contributed by atoms with Crippen LogP contribution < -0.4 is 10.1 Å². The zero-order valence-electron chi connectivity index (χ0n) is 12.5. The monoisotopic (exact) mass is 275 g/mol. The molecule has 0 spiro atoms. The van der Waals surface area contributed by atoms with Gasteiger partial charge >= 0.3 is 0 Å². The van der Waals surface area contributed by atoms with Gasteiger partial charge in [0.15, 0.2) is 0 Å². The first-order valence-electron chi connectivity index (χ1n) is 7.84. The van der Waals surface area contributed by atoms with Gasteiger partial charge in [-0.05, 0) is 58.2 Å². The molecule has 2 aliphatic rings. The Kier molecular flexibility index (Phi) is 4.10. The van der Waals surface area contributed by atoms with Gasteiger partial charge in [0.1, 0.15) is 0 Å². The second-order valence-electron chi connectivity index (χ2n) is 6.22. The molecule has 2 unspecified atom stereocenters. The third-order valence-corrected chi connectivity index (χ3v) is 4.30. The first-order valence-corrected chi connectivity index (χ1v) is 7.84. The molecule has 0 radical (unpaired) electrons. The lowest BCUT2D eigenvalue weighted by Gasteiger charge is -2.35. The Morgan fingerprint density at radius 3 is 3.10 bits per heavy atom. The zero-order valence-corrected chi connectivity index (χ0v) is 12.5. The fourth-order valence-corrected chi connectivity index (χ4v) is 3.39. The molecule has 110 valence electrons. The summed E-state index contributed by atoms with van der Waals surface area (Å²) in [5, 5.41) is 3.65. The van der Waals surface area contributed by atoms with E-state index in [-0.39, 0.29) is 6.10 Å². The van der Waals surface area contributed by atoms with Crippen molar-refractivity contribution in [3.63, 3.8) is 0 Å². The number of nitrogens with zero attached hydrogens (tertiary/aromatic N) is 2. The van der Waals surface area contributed by atoms with Crippen LogP contribution >= 0.6 is 0 Å². The second kappa shape index (κ2) is 6.00. The third-order valence-electron chi connectivity index (χ3n) is 4.30. The maximum Gasteiger partial charge on any atom is 0.237 e. The van der Waals surface area contributed by atoms with Crippen LogP contribution in [0, 0.1) is 0 Å². The summed E-state index contributed by atoms with van der Waals surface area (Å²) in [7, 11) is 0. The zero-order chi connectivity index (χ0) is 13.9. The molecular formula is C16H25N3O. The Balaban J connectivity index is 1.65. The quantitative estimate of drug-likeness (QED) is 0.917. The van der Waals surface area contributed by atoms with E-state index >= 15 is 0 Å². The normalized spacial score (nSPS) is 26.6. The standard InChI is InChI=1S/C16H25N3O/c1-12(2)20-16-15(6-3-8-17-16)18-13-7-10-19-9-4-5-14(19)11-13/h3,6,8,12-14,18H,4-5,7,9-11H2,1-2H3. The van der Waals surface area contributed by atoms with Crippen molar-refractivity contribution in [1.29, 1.82) is 0 Å². The molecule has 1 aromatic rings. The highest BCUT2D eigenvalue weighted by Gasteiger charge is 2.31. The van der Waals surface area contributed by atoms with E-state index in [0.717, 1.165) is 17.6 Å². The predicted octanol–water partition coefficient (Wildman–Crippen LogP) is 2.91. The maximum absolute atomic E-state index is 5.79. The van der Waals surface area contributed by atoms with Crippen molar-refractivity contribution in [1.82, 2.24) is 9.88 Å². The van der Waals surface area contributed by atoms with Gasteiger partial charge in [0.05, 0.1) is 11.8 Å². The van der Waals surface area contributed by atoms with E-state index in [2.05, 4.69) is 21.3 Å². The largest absolute Gasteiger partial charge is 0.473 e. The average molecular weight is 275 g/mol. The van der Waals surface area contributed by atoms with Gasteiger partial charge in [-0.25, -0.2) is 4.98 Å². The SMILES string of the molecule is CC(C)Oc1ncccc1NC1CCN2CCCC2C1. The second-order valence-corrected chi connectivity index (χ2v) is 6.22. The number of anilines is 1. The fourth-order valence-electron chi connectivity index (χ4n) is 3.39. The van der Waals surface area contributed by atoms with Gasteiger partial charge < -0.3 is 15.0 Å². The van der Waals surface area contributed by atoms with Crippen LogP contribution in [-0.2, 0) is 0 Å². The van der Waals surface area contributed by atoms with Crippen LogP contribution in [0.5, 0.6) is 5.88 Å². The van der Waals surface area contributed by atoms with Gasteiger partial charge in [0.25, 0.3) is 0 Å². The highest BCUT2D eigenvalue weighted by Crippen LogP contribution is 2.30. The maximum atomic E-state index is 5.79. The van der Waals surface area contributed by atoms with E-state index in [9.17, 15) is 0 Å². The minimum Gasteiger partial charge on any atom is -0.473 e. The minimum atomic E-state index is 0.155. The van der Waals surface area contributed by atoms with Crippen LogP contribution in [0.25, 0.3) is 0 Å². The molecule has 3 rings (SSSR count). The molecule has 4 nitrogen and oxygen atoms in total. The highest BCUT2D eigenvalue weighted by molar-refractivity contribution is 5.52. The number of piperidine rings is 1. The van der Waals surface area contributed by atoms with Crippen molar-refractivity contribution in [3.05, 3.63) is 18.3 Å². The Bertz CT molecular complexity index is 449. The summed E-state index contributed by atoms with van der Waals surface area (Å²) in [6, 6.07) is 5.38. The Morgan fingerprint density at radius 2 is 2.25 bits per heavy atom. The molecule has 0 bridgehead atoms. The fraction of sp³-hybridized carbons (Fsp3) is 0.688. The summed E-state index contributed by atoms with van der Waals surface area (Å²) in [6.45, 7) is 6.60. The summed E-state index contributed by atoms with van der Waals surface area (Å²) < 4.78 is 5.79. The highest BCUT2D eigenvalue weighted by atomic mass is 16.5. The molecule has 4 heteroatoms. The van der Waals surface area contributed by atoms with E-state index in [1.807, 2.05) is 19.9 Å². The van der Waals surface area contributed by atoms with E-state index in [4.69, 9.17) is 4.74 Å². The molecular weight excluding hydrogens is 250 g/mol. The molecule has 0 aliphatic carbocycles. The number of rotatable bonds is 4. The van der Waals surface area contributed by atoms with Crippen LogP contribution in [0.2, 0.25) is 0 Å². The molecule has 2 fully saturated rings. The molecule has 0 amide bonds. The van der Waals surface area contributed by atoms with Crippen LogP contribution in [-0.4, -0.2) is 41.2 Å². The first-order chi connectivity index (χ1) is 9.72. The van der Waals surface area contributed by atoms with Crippen LogP contribution in [0.4, 0.5) is 5.69 Å². The lowest BCUT2D eigenvalue weighted by atomic mass is 9.97. The van der Waals surface area contributed by atoms with Gasteiger partial charge in [-0.1, -0.05) is 0 Å². The average Bonchev–Trinajstić information content (AvgIpc) is 2.88. The molecule has 2 saturated heterocycles. The number of pyridine rings is 1. The number of hydrogen-bond donors (Lipinski definition) is 1. The lowest BCUT2D eigenvalue weighted by molar-refractivity contribution is 0.187. The predicted molar refractivity (Wildman–Crippen MR) is 81.2 cm³/mol. The molecule has 3 heterocycles. The number of fused-ring (bicyclic) bond motifs is 1. The van der Waals surface area contributed by atoms with Crippen LogP contribution in [0.1, 0.15) is 39.5 Å². The van der Waals surface area contributed by atoms with E-state index < -0.39 is 0 Å². The summed E-state index contributed by atoms with van der Waals surface area (Å²) in [6.07, 6.45) is 7.14. The van der Waals surface area contributed by atoms with Crippen molar-refractivity contribution in [2.45, 2.75) is 57.7 Å². The van der Waals surface area contributed by atoms with E-state index in [1.165, 1.54) is 38.8 Å². The third kappa shape index (κ3) is 3.06. The van der Waals surface area contributed by atoms with Crippen LogP contribution in [0.15, 0.2) is 18.3 Å². The van der Waals surface area contributed by atoms with Crippen molar-refractivity contribution >= 4 is 5.69 Å². The smallest absolute Gasteiger partial charge is 0.237 e. The van der Waals surface area contributed by atoms with Crippen molar-refractivity contribution < 1.29 is 4.74 Å². The summed E-state index contributed by atoms with van der Waals surface area (Å²) in [5.74, 6) is 0.733. The topological polar surface area (TPSA) is 37.4 Å². The molecule has 2 atom stereocenters. The van der Waals surface area contributed by atoms with E-state index in [0.29, 0.717) is 6.04 Å². The van der Waals surface area contributed by atoms with Crippen molar-refractivity contribution in [3.8, 4) is 5.88 Å². The summed E-state index contributed by atoms with van der Waals surface area (Å²) in [5.41, 5.74) is 1.04. The molecule has 2 aliphatic heterocycles. The minimum absolute atomic E-state index is 0.155. The van der Waals surface area contributed by atoms with Crippen LogP contribution in [0.3, 0.4) is 0 Å². The lowest BCUT2D eigenvalue weighted by Crippen LogP contribution is -2.42. The molecule has 20 heavy (non-hydrogen) atoms. The Hall–Kier alpha value is -1.29. The summed E-state index contributed by atoms with van der Waals surface area (Å²) >= 11 is 0. The Labute approximate surface area is 121 Å². The number of aromatic nitrogens is 1. The molecule has 0 saturated carbocycles. The van der Waals surface area contributed by atoms with Crippen molar-refractivity contribution in [2.24, 2.45) is 0 Å². The van der Waals surface area contributed by atoms with Gasteiger partial charge in [0, 0.05) is 24.8 Å². The molecule has 1 N–H and O–H groups in total. The number of ether oxygens (including phenoxy) is 1. The van der Waals surface area contributed by atoms with Crippen molar-refractivity contribution in [2.75, 3.05) is 18.4 Å². The summed E-state index contributed by atoms with van der Waals surface area (Å²) in [4.78, 5) is 7.00. The Morgan fingerprint density at radius 1 is 1.35 bits per heavy atom. The van der Waals surface area contributed by atoms with E-state index in [1.54, 1.807) is 6.20 Å². The number of hydrogen-bond acceptors (Lipinski definition) is 4. The van der Waals surface area contributed by atoms with Gasteiger partial charge in [-0.2, -0.15) is 0 Å². The molecule has 0 aromatic carbocycles. The number of nitrogens with one attached hydrogen (secondary N) is 1. The van der Waals surface area contributed by atoms with Gasteiger partial charge in [-0.15, -0.1) is 0 Å². The molecule has 1 aromatic heterocycles. The first kappa shape index (κ1) is 13.7. The van der Waals surface area contributed by atoms with Gasteiger partial charge in [-0.3, -0.25) is 0 Å².